The number of carbonyl (C=O) groups is 1. The first-order valence-electron chi connectivity index (χ1n) is 9.67. The molecule has 9 heteroatoms. The molecule has 2 heterocycles. The second kappa shape index (κ2) is 7.67. The van der Waals surface area contributed by atoms with Crippen LogP contribution in [0.1, 0.15) is 62.3 Å². The first kappa shape index (κ1) is 20.5. The molecule has 0 aromatic carbocycles. The summed E-state index contributed by atoms with van der Waals surface area (Å²) in [6, 6.07) is 0.184. The van der Waals surface area contributed by atoms with E-state index in [1.165, 1.54) is 6.42 Å². The van der Waals surface area contributed by atoms with E-state index in [0.29, 0.717) is 29.6 Å². The Morgan fingerprint density at radius 1 is 1.21 bits per heavy atom. The Labute approximate surface area is 161 Å². The second-order valence-corrected chi connectivity index (χ2v) is 7.85. The molecule has 0 saturated heterocycles. The van der Waals surface area contributed by atoms with Crippen LogP contribution in [0.3, 0.4) is 0 Å². The van der Waals surface area contributed by atoms with Crippen LogP contribution >= 0.6 is 0 Å². The number of hydrogen-bond donors (Lipinski definition) is 1. The van der Waals surface area contributed by atoms with Crippen LogP contribution in [0.25, 0.3) is 5.78 Å². The SMILES string of the molecule is Cc1nc2nc(C(F)(F)F)nn2c(C)c1CCC(=O)NC1CCCC(C)C1C. The van der Waals surface area contributed by atoms with Gasteiger partial charge in [0.2, 0.25) is 5.91 Å². The number of rotatable bonds is 4. The smallest absolute Gasteiger partial charge is 0.353 e. The summed E-state index contributed by atoms with van der Waals surface area (Å²) < 4.78 is 39.7. The van der Waals surface area contributed by atoms with Gasteiger partial charge in [-0.1, -0.05) is 26.7 Å². The highest BCUT2D eigenvalue weighted by Gasteiger charge is 2.37. The molecular formula is C19H26F3N5O. The van der Waals surface area contributed by atoms with Gasteiger partial charge in [-0.05, 0) is 44.1 Å². The Hall–Kier alpha value is -2.19. The van der Waals surface area contributed by atoms with E-state index in [9.17, 15) is 18.0 Å². The number of carbonyl (C=O) groups excluding carboxylic acids is 1. The fraction of sp³-hybridized carbons (Fsp3) is 0.684. The molecule has 0 spiro atoms. The van der Waals surface area contributed by atoms with E-state index in [0.717, 1.165) is 22.9 Å². The monoisotopic (exact) mass is 397 g/mol. The van der Waals surface area contributed by atoms with Gasteiger partial charge < -0.3 is 5.32 Å². The van der Waals surface area contributed by atoms with Gasteiger partial charge in [-0.2, -0.15) is 18.2 Å². The van der Waals surface area contributed by atoms with Gasteiger partial charge in [-0.15, -0.1) is 5.10 Å². The molecule has 6 nitrogen and oxygen atoms in total. The summed E-state index contributed by atoms with van der Waals surface area (Å²) in [6.45, 7) is 7.77. The standard InChI is InChI=1S/C19H26F3N5O/c1-10-6-5-7-15(11(10)2)24-16(28)9-8-14-12(3)23-18-25-17(19(20,21)22)26-27(18)13(14)4/h10-11,15H,5-9H2,1-4H3,(H,24,28). The van der Waals surface area contributed by atoms with Crippen molar-refractivity contribution in [1.82, 2.24) is 24.9 Å². The Bertz CT molecular complexity index is 877. The highest BCUT2D eigenvalue weighted by Crippen LogP contribution is 2.30. The maximum Gasteiger partial charge on any atom is 0.453 e. The lowest BCUT2D eigenvalue weighted by Crippen LogP contribution is -2.43. The number of nitrogens with one attached hydrogen (secondary N) is 1. The molecule has 3 unspecified atom stereocenters. The van der Waals surface area contributed by atoms with Crippen LogP contribution in [0, 0.1) is 25.7 Å². The Morgan fingerprint density at radius 2 is 1.93 bits per heavy atom. The number of aryl methyl sites for hydroxylation is 2. The molecule has 1 N–H and O–H groups in total. The van der Waals surface area contributed by atoms with Crippen LogP contribution in [0.4, 0.5) is 13.2 Å². The molecular weight excluding hydrogens is 371 g/mol. The fourth-order valence-electron chi connectivity index (χ4n) is 3.99. The second-order valence-electron chi connectivity index (χ2n) is 7.85. The zero-order valence-electron chi connectivity index (χ0n) is 16.6. The van der Waals surface area contributed by atoms with Crippen molar-refractivity contribution in [2.24, 2.45) is 11.8 Å². The predicted molar refractivity (Wildman–Crippen MR) is 97.7 cm³/mol. The lowest BCUT2D eigenvalue weighted by atomic mass is 9.78. The van der Waals surface area contributed by atoms with Gasteiger partial charge >= 0.3 is 6.18 Å². The molecule has 3 rings (SSSR count). The molecule has 0 aliphatic heterocycles. The summed E-state index contributed by atoms with van der Waals surface area (Å²) in [4.78, 5) is 20.1. The molecule has 1 fully saturated rings. The molecule has 0 bridgehead atoms. The van der Waals surface area contributed by atoms with Crippen LogP contribution in [-0.2, 0) is 17.4 Å². The molecule has 1 amide bonds. The lowest BCUT2D eigenvalue weighted by molar-refractivity contribution is -0.144. The highest BCUT2D eigenvalue weighted by atomic mass is 19.4. The number of halogens is 3. The third kappa shape index (κ3) is 4.12. The van der Waals surface area contributed by atoms with Crippen molar-refractivity contribution in [2.75, 3.05) is 0 Å². The quantitative estimate of drug-likeness (QED) is 0.855. The number of nitrogens with zero attached hydrogens (tertiary/aromatic N) is 4. The topological polar surface area (TPSA) is 72.2 Å². The molecule has 1 saturated carbocycles. The minimum Gasteiger partial charge on any atom is -0.353 e. The first-order valence-corrected chi connectivity index (χ1v) is 9.67. The summed E-state index contributed by atoms with van der Waals surface area (Å²) in [7, 11) is 0. The molecule has 28 heavy (non-hydrogen) atoms. The Balaban J connectivity index is 1.72. The minimum atomic E-state index is -4.62. The normalized spacial score (nSPS) is 23.2. The molecule has 154 valence electrons. The van der Waals surface area contributed by atoms with Gasteiger partial charge in [0.1, 0.15) is 0 Å². The predicted octanol–water partition coefficient (Wildman–Crippen LogP) is 3.63. The third-order valence-corrected chi connectivity index (χ3v) is 5.96. The molecule has 2 aromatic heterocycles. The van der Waals surface area contributed by atoms with Gasteiger partial charge in [0.15, 0.2) is 0 Å². The Kier molecular flexibility index (Phi) is 5.63. The maximum absolute atomic E-state index is 12.9. The van der Waals surface area contributed by atoms with Gasteiger partial charge in [0.05, 0.1) is 0 Å². The zero-order valence-corrected chi connectivity index (χ0v) is 16.6. The van der Waals surface area contributed by atoms with Crippen molar-refractivity contribution in [3.05, 3.63) is 22.8 Å². The summed E-state index contributed by atoms with van der Waals surface area (Å²) >= 11 is 0. The molecule has 1 aliphatic carbocycles. The summed E-state index contributed by atoms with van der Waals surface area (Å²) in [5.41, 5.74) is 1.82. The molecule has 1 aliphatic rings. The van der Waals surface area contributed by atoms with Crippen molar-refractivity contribution < 1.29 is 18.0 Å². The van der Waals surface area contributed by atoms with E-state index < -0.39 is 12.0 Å². The third-order valence-electron chi connectivity index (χ3n) is 5.96. The lowest BCUT2D eigenvalue weighted by Gasteiger charge is -2.34. The van der Waals surface area contributed by atoms with Crippen molar-refractivity contribution in [2.45, 2.75) is 72.0 Å². The molecule has 0 radical (unpaired) electrons. The van der Waals surface area contributed by atoms with Gasteiger partial charge in [-0.3, -0.25) is 4.79 Å². The average Bonchev–Trinajstić information content (AvgIpc) is 3.03. The average molecular weight is 397 g/mol. The number of hydrogen-bond acceptors (Lipinski definition) is 4. The number of fused-ring (bicyclic) bond motifs is 1. The van der Waals surface area contributed by atoms with Gasteiger partial charge in [-0.25, -0.2) is 9.50 Å². The Morgan fingerprint density at radius 3 is 2.61 bits per heavy atom. The molecule has 2 aromatic rings. The number of amides is 1. The van der Waals surface area contributed by atoms with E-state index in [4.69, 9.17) is 0 Å². The summed E-state index contributed by atoms with van der Waals surface area (Å²) in [5, 5.41) is 6.67. The minimum absolute atomic E-state index is 0.0422. The fourth-order valence-corrected chi connectivity index (χ4v) is 3.99. The van der Waals surface area contributed by atoms with Crippen LogP contribution < -0.4 is 5.32 Å². The van der Waals surface area contributed by atoms with Crippen molar-refractivity contribution in [3.8, 4) is 0 Å². The van der Waals surface area contributed by atoms with Crippen LogP contribution in [0.5, 0.6) is 0 Å². The number of aromatic nitrogens is 4. The van der Waals surface area contributed by atoms with E-state index >= 15 is 0 Å². The van der Waals surface area contributed by atoms with E-state index in [1.54, 1.807) is 13.8 Å². The summed E-state index contributed by atoms with van der Waals surface area (Å²) in [6.07, 6.45) is -0.681. The van der Waals surface area contributed by atoms with Crippen LogP contribution in [0.15, 0.2) is 0 Å². The largest absolute Gasteiger partial charge is 0.453 e. The summed E-state index contributed by atoms with van der Waals surface area (Å²) in [5.74, 6) is -0.307. The van der Waals surface area contributed by atoms with E-state index in [2.05, 4.69) is 34.2 Å². The van der Waals surface area contributed by atoms with E-state index in [1.807, 2.05) is 0 Å². The van der Waals surface area contributed by atoms with Crippen LogP contribution in [-0.4, -0.2) is 31.5 Å². The molecule has 3 atom stereocenters. The van der Waals surface area contributed by atoms with Crippen LogP contribution in [0.2, 0.25) is 0 Å². The number of alkyl halides is 3. The van der Waals surface area contributed by atoms with Crippen molar-refractivity contribution >= 4 is 11.7 Å². The first-order chi connectivity index (χ1) is 13.1. The maximum atomic E-state index is 12.9. The van der Waals surface area contributed by atoms with E-state index in [-0.39, 0.29) is 24.1 Å². The van der Waals surface area contributed by atoms with Gasteiger partial charge in [0.25, 0.3) is 11.6 Å². The van der Waals surface area contributed by atoms with Crippen molar-refractivity contribution in [1.29, 1.82) is 0 Å². The van der Waals surface area contributed by atoms with Gasteiger partial charge in [0, 0.05) is 23.9 Å². The van der Waals surface area contributed by atoms with Crippen molar-refractivity contribution in [3.63, 3.8) is 0 Å². The zero-order chi connectivity index (χ0) is 20.6. The highest BCUT2D eigenvalue weighted by molar-refractivity contribution is 5.76.